The van der Waals surface area contributed by atoms with Crippen LogP contribution in [0.3, 0.4) is 0 Å². The molecule has 0 atom stereocenters. The number of carbonyl (C=O) groups is 2. The molecule has 0 radical (unpaired) electrons. The van der Waals surface area contributed by atoms with E-state index in [1.165, 1.54) is 12.1 Å². The van der Waals surface area contributed by atoms with E-state index in [1.807, 2.05) is 4.90 Å². The lowest BCUT2D eigenvalue weighted by Gasteiger charge is -2.32. The summed E-state index contributed by atoms with van der Waals surface area (Å²) in [6.45, 7) is 1.09. The predicted molar refractivity (Wildman–Crippen MR) is 70.3 cm³/mol. The summed E-state index contributed by atoms with van der Waals surface area (Å²) >= 11 is 5.82. The standard InChI is InChI=1S/C12H14ClN3O3/c13-9-2-1-8(12(18)19)11(15-9)16-5-3-7(4-6-16)10(14)17/h1-2,7H,3-6H2,(H2,14,17)(H,18,19). The number of rotatable bonds is 3. The van der Waals surface area contributed by atoms with Gasteiger partial charge in [-0.2, -0.15) is 0 Å². The van der Waals surface area contributed by atoms with Gasteiger partial charge in [-0.25, -0.2) is 9.78 Å². The highest BCUT2D eigenvalue weighted by atomic mass is 35.5. The molecule has 19 heavy (non-hydrogen) atoms. The van der Waals surface area contributed by atoms with Crippen LogP contribution in [-0.2, 0) is 4.79 Å². The number of anilines is 1. The molecule has 1 fully saturated rings. The number of carboxylic acids is 1. The number of primary amides is 1. The normalized spacial score (nSPS) is 16.4. The zero-order valence-corrected chi connectivity index (χ0v) is 10.9. The van der Waals surface area contributed by atoms with E-state index in [9.17, 15) is 9.59 Å². The monoisotopic (exact) mass is 283 g/mol. The number of carbonyl (C=O) groups excluding carboxylic acids is 1. The van der Waals surface area contributed by atoms with Crippen molar-refractivity contribution in [2.45, 2.75) is 12.8 Å². The Hall–Kier alpha value is -1.82. The third kappa shape index (κ3) is 2.96. The predicted octanol–water partition coefficient (Wildman–Crippen LogP) is 1.13. The van der Waals surface area contributed by atoms with Crippen LogP contribution in [0.1, 0.15) is 23.2 Å². The summed E-state index contributed by atoms with van der Waals surface area (Å²) in [5.74, 6) is -1.15. The topological polar surface area (TPSA) is 96.5 Å². The number of piperidine rings is 1. The highest BCUT2D eigenvalue weighted by molar-refractivity contribution is 6.29. The maximum Gasteiger partial charge on any atom is 0.339 e. The van der Waals surface area contributed by atoms with Crippen LogP contribution in [0.2, 0.25) is 5.15 Å². The maximum atomic E-state index is 11.2. The lowest BCUT2D eigenvalue weighted by atomic mass is 9.96. The Bertz CT molecular complexity index is 513. The summed E-state index contributed by atoms with van der Waals surface area (Å²) in [6, 6.07) is 2.89. The molecule has 1 aromatic rings. The zero-order valence-electron chi connectivity index (χ0n) is 10.2. The summed E-state index contributed by atoms with van der Waals surface area (Å²) in [7, 11) is 0. The Labute approximate surface area is 115 Å². The number of hydrogen-bond donors (Lipinski definition) is 2. The Balaban J connectivity index is 2.21. The van der Waals surface area contributed by atoms with Crippen LogP contribution in [0.15, 0.2) is 12.1 Å². The van der Waals surface area contributed by atoms with Crippen LogP contribution < -0.4 is 10.6 Å². The van der Waals surface area contributed by atoms with E-state index in [4.69, 9.17) is 22.4 Å². The average Bonchev–Trinajstić information content (AvgIpc) is 2.38. The zero-order chi connectivity index (χ0) is 14.0. The molecule has 2 rings (SSSR count). The second-order valence-corrected chi connectivity index (χ2v) is 4.86. The first kappa shape index (κ1) is 13.6. The van der Waals surface area contributed by atoms with E-state index < -0.39 is 5.97 Å². The van der Waals surface area contributed by atoms with Gasteiger partial charge >= 0.3 is 5.97 Å². The number of hydrogen-bond acceptors (Lipinski definition) is 4. The van der Waals surface area contributed by atoms with Gasteiger partial charge < -0.3 is 15.7 Å². The van der Waals surface area contributed by atoms with Gasteiger partial charge in [0, 0.05) is 19.0 Å². The summed E-state index contributed by atoms with van der Waals surface area (Å²) in [5, 5.41) is 9.39. The van der Waals surface area contributed by atoms with Gasteiger partial charge in [-0.1, -0.05) is 11.6 Å². The van der Waals surface area contributed by atoms with Crippen molar-refractivity contribution in [3.8, 4) is 0 Å². The maximum absolute atomic E-state index is 11.2. The number of nitrogens with zero attached hydrogens (tertiary/aromatic N) is 2. The van der Waals surface area contributed by atoms with E-state index in [0.29, 0.717) is 31.7 Å². The molecular formula is C12H14ClN3O3. The van der Waals surface area contributed by atoms with Gasteiger partial charge in [0.05, 0.1) is 0 Å². The minimum Gasteiger partial charge on any atom is -0.478 e. The minimum absolute atomic E-state index is 0.113. The molecule has 6 nitrogen and oxygen atoms in total. The molecule has 0 unspecified atom stereocenters. The number of pyridine rings is 1. The van der Waals surface area contributed by atoms with Crippen molar-refractivity contribution in [2.75, 3.05) is 18.0 Å². The number of halogens is 1. The number of aromatic nitrogens is 1. The summed E-state index contributed by atoms with van der Waals surface area (Å²) in [5.41, 5.74) is 5.38. The molecule has 0 spiro atoms. The third-order valence-corrected chi connectivity index (χ3v) is 3.48. The fourth-order valence-electron chi connectivity index (χ4n) is 2.21. The Morgan fingerprint density at radius 1 is 1.37 bits per heavy atom. The van der Waals surface area contributed by atoms with Crippen molar-refractivity contribution < 1.29 is 14.7 Å². The Morgan fingerprint density at radius 3 is 2.53 bits per heavy atom. The van der Waals surface area contributed by atoms with Crippen molar-refractivity contribution in [3.63, 3.8) is 0 Å². The van der Waals surface area contributed by atoms with Gasteiger partial charge in [0.2, 0.25) is 5.91 Å². The van der Waals surface area contributed by atoms with Crippen molar-refractivity contribution in [2.24, 2.45) is 11.7 Å². The van der Waals surface area contributed by atoms with Crippen molar-refractivity contribution in [3.05, 3.63) is 22.8 Å². The molecule has 7 heteroatoms. The average molecular weight is 284 g/mol. The molecule has 0 aromatic carbocycles. The van der Waals surface area contributed by atoms with Gasteiger partial charge in [0.25, 0.3) is 0 Å². The van der Waals surface area contributed by atoms with Crippen LogP contribution in [0.25, 0.3) is 0 Å². The number of aromatic carboxylic acids is 1. The highest BCUT2D eigenvalue weighted by Gasteiger charge is 2.26. The molecular weight excluding hydrogens is 270 g/mol. The number of amides is 1. The SMILES string of the molecule is NC(=O)C1CCN(c2nc(Cl)ccc2C(=O)O)CC1. The molecule has 102 valence electrons. The lowest BCUT2D eigenvalue weighted by Crippen LogP contribution is -2.39. The molecule has 1 aliphatic rings. The fraction of sp³-hybridized carbons (Fsp3) is 0.417. The minimum atomic E-state index is -1.05. The van der Waals surface area contributed by atoms with E-state index in [1.54, 1.807) is 0 Å². The van der Waals surface area contributed by atoms with Crippen LogP contribution in [0, 0.1) is 5.92 Å². The quantitative estimate of drug-likeness (QED) is 0.811. The smallest absolute Gasteiger partial charge is 0.339 e. The lowest BCUT2D eigenvalue weighted by molar-refractivity contribution is -0.122. The Morgan fingerprint density at radius 2 is 2.00 bits per heavy atom. The first-order chi connectivity index (χ1) is 8.99. The molecule has 1 aliphatic heterocycles. The van der Waals surface area contributed by atoms with Gasteiger partial charge in [-0.15, -0.1) is 0 Å². The van der Waals surface area contributed by atoms with Gasteiger partial charge in [0.1, 0.15) is 16.5 Å². The highest BCUT2D eigenvalue weighted by Crippen LogP contribution is 2.26. The van der Waals surface area contributed by atoms with E-state index in [2.05, 4.69) is 4.98 Å². The molecule has 0 bridgehead atoms. The van der Waals surface area contributed by atoms with Crippen LogP contribution in [0.4, 0.5) is 5.82 Å². The molecule has 1 saturated heterocycles. The number of carboxylic acid groups (broad SMARTS) is 1. The Kier molecular flexibility index (Phi) is 3.90. The molecule has 1 amide bonds. The van der Waals surface area contributed by atoms with Crippen LogP contribution in [-0.4, -0.2) is 35.1 Å². The molecule has 0 saturated carbocycles. The second kappa shape index (κ2) is 5.44. The van der Waals surface area contributed by atoms with Crippen molar-refractivity contribution >= 4 is 29.3 Å². The number of nitrogens with two attached hydrogens (primary N) is 1. The summed E-state index contributed by atoms with van der Waals surface area (Å²) in [6.07, 6.45) is 1.20. The van der Waals surface area contributed by atoms with E-state index in [0.717, 1.165) is 0 Å². The molecule has 0 aliphatic carbocycles. The third-order valence-electron chi connectivity index (χ3n) is 3.27. The van der Waals surface area contributed by atoms with Crippen molar-refractivity contribution in [1.29, 1.82) is 0 Å². The van der Waals surface area contributed by atoms with Crippen LogP contribution in [0.5, 0.6) is 0 Å². The molecule has 3 N–H and O–H groups in total. The van der Waals surface area contributed by atoms with Crippen molar-refractivity contribution in [1.82, 2.24) is 4.98 Å². The van der Waals surface area contributed by atoms with Gasteiger partial charge in [0.15, 0.2) is 0 Å². The van der Waals surface area contributed by atoms with Gasteiger partial charge in [-0.3, -0.25) is 4.79 Å². The van der Waals surface area contributed by atoms with E-state index in [-0.39, 0.29) is 22.5 Å². The molecule has 1 aromatic heterocycles. The fourth-order valence-corrected chi connectivity index (χ4v) is 2.35. The van der Waals surface area contributed by atoms with E-state index >= 15 is 0 Å². The van der Waals surface area contributed by atoms with Gasteiger partial charge in [-0.05, 0) is 25.0 Å². The van der Waals surface area contributed by atoms with Crippen LogP contribution >= 0.6 is 11.6 Å². The summed E-state index contributed by atoms with van der Waals surface area (Å²) < 4.78 is 0. The molecule has 2 heterocycles. The summed E-state index contributed by atoms with van der Waals surface area (Å²) in [4.78, 5) is 28.2. The second-order valence-electron chi connectivity index (χ2n) is 4.47. The largest absolute Gasteiger partial charge is 0.478 e. The first-order valence-corrected chi connectivity index (χ1v) is 6.31. The first-order valence-electron chi connectivity index (χ1n) is 5.93.